The Morgan fingerprint density at radius 1 is 1.20 bits per heavy atom. The highest BCUT2D eigenvalue weighted by Crippen LogP contribution is 2.40. The smallest absolute Gasteiger partial charge is 0.0899 e. The molecule has 0 atom stereocenters. The van der Waals surface area contributed by atoms with Crippen LogP contribution in [0.25, 0.3) is 0 Å². The van der Waals surface area contributed by atoms with Crippen molar-refractivity contribution in [2.45, 2.75) is 45.1 Å². The van der Waals surface area contributed by atoms with Crippen molar-refractivity contribution in [1.82, 2.24) is 0 Å². The van der Waals surface area contributed by atoms with E-state index < -0.39 is 5.60 Å². The summed E-state index contributed by atoms with van der Waals surface area (Å²) >= 11 is 0. The fourth-order valence-corrected chi connectivity index (χ4v) is 2.60. The van der Waals surface area contributed by atoms with Gasteiger partial charge in [0.15, 0.2) is 0 Å². The minimum atomic E-state index is -0.558. The molecule has 1 fully saturated rings. The SMILES string of the molecule is Cc1ccccc1C1(O)CCC(C)CC1. The van der Waals surface area contributed by atoms with Crippen LogP contribution in [0.5, 0.6) is 0 Å². The van der Waals surface area contributed by atoms with E-state index in [9.17, 15) is 5.11 Å². The molecule has 0 spiro atoms. The molecular weight excluding hydrogens is 184 g/mol. The van der Waals surface area contributed by atoms with E-state index in [1.165, 1.54) is 5.56 Å². The van der Waals surface area contributed by atoms with Crippen LogP contribution in [-0.4, -0.2) is 5.11 Å². The van der Waals surface area contributed by atoms with Crippen molar-refractivity contribution in [2.24, 2.45) is 5.92 Å². The molecule has 0 saturated heterocycles. The quantitative estimate of drug-likeness (QED) is 0.743. The topological polar surface area (TPSA) is 20.2 Å². The van der Waals surface area contributed by atoms with E-state index in [0.717, 1.165) is 37.2 Å². The average molecular weight is 204 g/mol. The Hall–Kier alpha value is -0.820. The molecule has 1 aliphatic carbocycles. The van der Waals surface area contributed by atoms with Crippen LogP contribution in [0.2, 0.25) is 0 Å². The molecule has 0 bridgehead atoms. The van der Waals surface area contributed by atoms with Crippen LogP contribution in [0.3, 0.4) is 0 Å². The Balaban J connectivity index is 2.26. The molecule has 1 N–H and O–H groups in total. The van der Waals surface area contributed by atoms with Crippen LogP contribution in [0.1, 0.15) is 43.7 Å². The standard InChI is InChI=1S/C14H20O/c1-11-7-9-14(15,10-8-11)13-6-4-3-5-12(13)2/h3-6,11,15H,7-10H2,1-2H3. The van der Waals surface area contributed by atoms with E-state index in [1.54, 1.807) is 0 Å². The molecular formula is C14H20O. The minimum absolute atomic E-state index is 0.558. The Kier molecular flexibility index (Phi) is 2.83. The lowest BCUT2D eigenvalue weighted by atomic mass is 9.75. The lowest BCUT2D eigenvalue weighted by Gasteiger charge is -2.36. The summed E-state index contributed by atoms with van der Waals surface area (Å²) in [5.74, 6) is 0.772. The third-order valence-electron chi connectivity index (χ3n) is 3.75. The van der Waals surface area contributed by atoms with E-state index in [4.69, 9.17) is 0 Å². The third kappa shape index (κ3) is 2.07. The van der Waals surface area contributed by atoms with E-state index in [0.29, 0.717) is 0 Å². The number of hydrogen-bond donors (Lipinski definition) is 1. The summed E-state index contributed by atoms with van der Waals surface area (Å²) in [5, 5.41) is 10.6. The molecule has 2 rings (SSSR count). The van der Waals surface area contributed by atoms with Gasteiger partial charge in [0.1, 0.15) is 0 Å². The van der Waals surface area contributed by atoms with Gasteiger partial charge < -0.3 is 5.11 Å². The van der Waals surface area contributed by atoms with Crippen LogP contribution in [0.15, 0.2) is 24.3 Å². The van der Waals surface area contributed by atoms with Crippen molar-refractivity contribution in [3.05, 3.63) is 35.4 Å². The van der Waals surface area contributed by atoms with E-state index in [2.05, 4.69) is 26.0 Å². The number of benzene rings is 1. The van der Waals surface area contributed by atoms with Crippen molar-refractivity contribution in [3.8, 4) is 0 Å². The van der Waals surface area contributed by atoms with Crippen molar-refractivity contribution in [1.29, 1.82) is 0 Å². The maximum Gasteiger partial charge on any atom is 0.0899 e. The largest absolute Gasteiger partial charge is 0.385 e. The zero-order chi connectivity index (χ0) is 10.9. The van der Waals surface area contributed by atoms with Gasteiger partial charge >= 0.3 is 0 Å². The maximum atomic E-state index is 10.6. The van der Waals surface area contributed by atoms with Gasteiger partial charge in [-0.1, -0.05) is 31.2 Å². The summed E-state index contributed by atoms with van der Waals surface area (Å²) in [5.41, 5.74) is 1.80. The van der Waals surface area contributed by atoms with Crippen LogP contribution < -0.4 is 0 Å². The minimum Gasteiger partial charge on any atom is -0.385 e. The fraction of sp³-hybridized carbons (Fsp3) is 0.571. The third-order valence-corrected chi connectivity index (χ3v) is 3.75. The number of aryl methyl sites for hydroxylation is 1. The monoisotopic (exact) mass is 204 g/mol. The zero-order valence-corrected chi connectivity index (χ0v) is 9.66. The van der Waals surface area contributed by atoms with Gasteiger partial charge in [0.2, 0.25) is 0 Å². The first-order chi connectivity index (χ1) is 7.12. The number of aliphatic hydroxyl groups is 1. The first-order valence-corrected chi connectivity index (χ1v) is 5.90. The van der Waals surface area contributed by atoms with Gasteiger partial charge in [-0.15, -0.1) is 0 Å². The normalized spacial score (nSPS) is 31.5. The lowest BCUT2D eigenvalue weighted by molar-refractivity contribution is -0.0125. The molecule has 1 aliphatic rings. The molecule has 0 unspecified atom stereocenters. The van der Waals surface area contributed by atoms with Gasteiger partial charge in [-0.05, 0) is 49.7 Å². The second kappa shape index (κ2) is 3.97. The summed E-state index contributed by atoms with van der Waals surface area (Å²) in [6.45, 7) is 4.36. The zero-order valence-electron chi connectivity index (χ0n) is 9.66. The molecule has 0 heterocycles. The second-order valence-corrected chi connectivity index (χ2v) is 5.03. The molecule has 1 aromatic rings. The molecule has 1 heteroatoms. The molecule has 1 saturated carbocycles. The van der Waals surface area contributed by atoms with Gasteiger partial charge in [0.25, 0.3) is 0 Å². The highest BCUT2D eigenvalue weighted by atomic mass is 16.3. The summed E-state index contributed by atoms with van der Waals surface area (Å²) in [4.78, 5) is 0. The molecule has 0 amide bonds. The van der Waals surface area contributed by atoms with Crippen molar-refractivity contribution in [3.63, 3.8) is 0 Å². The number of hydrogen-bond acceptors (Lipinski definition) is 1. The molecule has 1 aromatic carbocycles. The summed E-state index contributed by atoms with van der Waals surface area (Å²) in [6.07, 6.45) is 4.12. The van der Waals surface area contributed by atoms with Crippen LogP contribution in [0, 0.1) is 12.8 Å². The van der Waals surface area contributed by atoms with Crippen molar-refractivity contribution >= 4 is 0 Å². The average Bonchev–Trinajstić information content (AvgIpc) is 2.23. The van der Waals surface area contributed by atoms with Gasteiger partial charge in [-0.25, -0.2) is 0 Å². The molecule has 15 heavy (non-hydrogen) atoms. The highest BCUT2D eigenvalue weighted by Gasteiger charge is 2.34. The molecule has 1 nitrogen and oxygen atoms in total. The predicted octanol–water partition coefficient (Wildman–Crippen LogP) is 3.39. The maximum absolute atomic E-state index is 10.6. The lowest BCUT2D eigenvalue weighted by Crippen LogP contribution is -2.31. The van der Waals surface area contributed by atoms with Gasteiger partial charge in [-0.3, -0.25) is 0 Å². The molecule has 82 valence electrons. The Bertz CT molecular complexity index is 335. The van der Waals surface area contributed by atoms with Crippen LogP contribution >= 0.6 is 0 Å². The molecule has 0 radical (unpaired) electrons. The predicted molar refractivity (Wildman–Crippen MR) is 62.7 cm³/mol. The Morgan fingerprint density at radius 2 is 1.80 bits per heavy atom. The Morgan fingerprint density at radius 3 is 2.40 bits per heavy atom. The molecule has 0 aromatic heterocycles. The summed E-state index contributed by atoms with van der Waals surface area (Å²) in [6, 6.07) is 8.22. The van der Waals surface area contributed by atoms with Crippen molar-refractivity contribution < 1.29 is 5.11 Å². The first kappa shape index (κ1) is 10.7. The van der Waals surface area contributed by atoms with E-state index >= 15 is 0 Å². The van der Waals surface area contributed by atoms with Gasteiger partial charge in [0.05, 0.1) is 5.60 Å². The van der Waals surface area contributed by atoms with Crippen LogP contribution in [-0.2, 0) is 5.60 Å². The summed E-state index contributed by atoms with van der Waals surface area (Å²) < 4.78 is 0. The fourth-order valence-electron chi connectivity index (χ4n) is 2.60. The second-order valence-electron chi connectivity index (χ2n) is 5.03. The Labute approximate surface area is 92.1 Å². The highest BCUT2D eigenvalue weighted by molar-refractivity contribution is 5.31. The van der Waals surface area contributed by atoms with Crippen molar-refractivity contribution in [2.75, 3.05) is 0 Å². The van der Waals surface area contributed by atoms with E-state index in [-0.39, 0.29) is 0 Å². The van der Waals surface area contributed by atoms with E-state index in [1.807, 2.05) is 12.1 Å². The van der Waals surface area contributed by atoms with Gasteiger partial charge in [-0.2, -0.15) is 0 Å². The molecule has 0 aliphatic heterocycles. The first-order valence-electron chi connectivity index (χ1n) is 5.90. The number of rotatable bonds is 1. The van der Waals surface area contributed by atoms with Gasteiger partial charge in [0, 0.05) is 0 Å². The summed E-state index contributed by atoms with van der Waals surface area (Å²) in [7, 11) is 0. The van der Waals surface area contributed by atoms with Crippen LogP contribution in [0.4, 0.5) is 0 Å².